The average molecular weight is 201 g/mol. The smallest absolute Gasteiger partial charge is 0.0372 e. The van der Waals surface area contributed by atoms with Crippen molar-refractivity contribution in [2.45, 2.75) is 20.8 Å². The van der Waals surface area contributed by atoms with Crippen molar-refractivity contribution in [1.82, 2.24) is 0 Å². The molecule has 0 amide bonds. The molecule has 0 spiro atoms. The quantitative estimate of drug-likeness (QED) is 0.728. The lowest BCUT2D eigenvalue weighted by Gasteiger charge is -2.08. The highest BCUT2D eigenvalue weighted by molar-refractivity contribution is 5.50. The van der Waals surface area contributed by atoms with Gasteiger partial charge in [0, 0.05) is 12.2 Å². The number of hydrogen-bond acceptors (Lipinski definition) is 1. The molecule has 0 saturated carbocycles. The van der Waals surface area contributed by atoms with Gasteiger partial charge in [0.25, 0.3) is 0 Å². The zero-order valence-electron chi connectivity index (χ0n) is 9.75. The van der Waals surface area contributed by atoms with Crippen molar-refractivity contribution in [3.05, 3.63) is 53.6 Å². The fourth-order valence-corrected chi connectivity index (χ4v) is 1.33. The summed E-state index contributed by atoms with van der Waals surface area (Å²) in [4.78, 5) is 0. The predicted octanol–water partition coefficient (Wildman–Crippen LogP) is 3.93. The van der Waals surface area contributed by atoms with Gasteiger partial charge in [0.2, 0.25) is 0 Å². The van der Waals surface area contributed by atoms with E-state index < -0.39 is 0 Å². The molecule has 0 aliphatic rings. The van der Waals surface area contributed by atoms with Crippen LogP contribution in [0.3, 0.4) is 0 Å². The average Bonchev–Trinajstić information content (AvgIpc) is 2.25. The Hall–Kier alpha value is -1.50. The fourth-order valence-electron chi connectivity index (χ4n) is 1.33. The van der Waals surface area contributed by atoms with Crippen LogP contribution in [-0.2, 0) is 0 Å². The van der Waals surface area contributed by atoms with E-state index in [-0.39, 0.29) is 0 Å². The van der Waals surface area contributed by atoms with Gasteiger partial charge in [0.05, 0.1) is 0 Å². The van der Waals surface area contributed by atoms with Crippen molar-refractivity contribution in [3.63, 3.8) is 0 Å². The number of nitrogens with one attached hydrogen (secondary N) is 1. The molecule has 0 aromatic heterocycles. The van der Waals surface area contributed by atoms with Crippen molar-refractivity contribution >= 4 is 5.69 Å². The van der Waals surface area contributed by atoms with Gasteiger partial charge < -0.3 is 5.32 Å². The lowest BCUT2D eigenvalue weighted by atomic mass is 10.2. The second kappa shape index (κ2) is 6.07. The van der Waals surface area contributed by atoms with Gasteiger partial charge in [0.15, 0.2) is 0 Å². The van der Waals surface area contributed by atoms with Crippen molar-refractivity contribution in [2.75, 3.05) is 11.9 Å². The summed E-state index contributed by atoms with van der Waals surface area (Å²) in [6.07, 6.45) is 6.23. The largest absolute Gasteiger partial charge is 0.381 e. The minimum absolute atomic E-state index is 0.898. The number of hydrogen-bond donors (Lipinski definition) is 1. The summed E-state index contributed by atoms with van der Waals surface area (Å²) in [7, 11) is 0. The van der Waals surface area contributed by atoms with Crippen LogP contribution in [0.2, 0.25) is 0 Å². The summed E-state index contributed by atoms with van der Waals surface area (Å²) in [5, 5.41) is 3.42. The first-order valence-electron chi connectivity index (χ1n) is 5.32. The van der Waals surface area contributed by atoms with Crippen LogP contribution in [0.15, 0.2) is 48.1 Å². The van der Waals surface area contributed by atoms with E-state index in [1.54, 1.807) is 0 Å². The molecule has 0 bridgehead atoms. The standard InChI is InChI=1S/C14H19N/c1-4-5-8-12(2)11-15-14-10-7-6-9-13(14)3/h4-10,15H,11H2,1-3H3/b5-4-,12-8+. The Kier molecular flexibility index (Phi) is 4.69. The fraction of sp³-hybridized carbons (Fsp3) is 0.286. The minimum Gasteiger partial charge on any atom is -0.381 e. The zero-order valence-corrected chi connectivity index (χ0v) is 9.75. The molecule has 0 saturated heterocycles. The Labute approximate surface area is 92.5 Å². The molecule has 0 fully saturated rings. The highest BCUT2D eigenvalue weighted by Crippen LogP contribution is 2.13. The third kappa shape index (κ3) is 4.03. The molecular weight excluding hydrogens is 182 g/mol. The van der Waals surface area contributed by atoms with E-state index in [1.165, 1.54) is 16.8 Å². The molecule has 0 aliphatic carbocycles. The van der Waals surface area contributed by atoms with E-state index in [1.807, 2.05) is 13.0 Å². The lowest BCUT2D eigenvalue weighted by Crippen LogP contribution is -2.03. The number of aryl methyl sites for hydroxylation is 1. The Morgan fingerprint density at radius 2 is 2.07 bits per heavy atom. The molecule has 1 N–H and O–H groups in total. The molecule has 1 aromatic rings. The van der Waals surface area contributed by atoms with Gasteiger partial charge in [-0.1, -0.05) is 42.0 Å². The SMILES string of the molecule is C/C=C\C=C(/C)CNc1ccccc1C. The number of rotatable bonds is 4. The summed E-state index contributed by atoms with van der Waals surface area (Å²) in [5.74, 6) is 0. The summed E-state index contributed by atoms with van der Waals surface area (Å²) >= 11 is 0. The van der Waals surface area contributed by atoms with Crippen LogP contribution in [0.4, 0.5) is 5.69 Å². The van der Waals surface area contributed by atoms with E-state index in [4.69, 9.17) is 0 Å². The molecule has 0 unspecified atom stereocenters. The van der Waals surface area contributed by atoms with Crippen molar-refractivity contribution < 1.29 is 0 Å². The Bertz CT molecular complexity index is 361. The topological polar surface area (TPSA) is 12.0 Å². The second-order valence-electron chi connectivity index (χ2n) is 3.71. The van der Waals surface area contributed by atoms with E-state index >= 15 is 0 Å². The Morgan fingerprint density at radius 3 is 2.73 bits per heavy atom. The van der Waals surface area contributed by atoms with Gasteiger partial charge in [-0.15, -0.1) is 0 Å². The minimum atomic E-state index is 0.898. The van der Waals surface area contributed by atoms with Crippen LogP contribution in [0, 0.1) is 6.92 Å². The number of benzene rings is 1. The van der Waals surface area contributed by atoms with Gasteiger partial charge in [0.1, 0.15) is 0 Å². The van der Waals surface area contributed by atoms with Crippen molar-refractivity contribution in [1.29, 1.82) is 0 Å². The maximum absolute atomic E-state index is 3.42. The van der Waals surface area contributed by atoms with Crippen LogP contribution in [0.1, 0.15) is 19.4 Å². The molecule has 0 atom stereocenters. The summed E-state index contributed by atoms with van der Waals surface area (Å²) in [5.41, 5.74) is 3.83. The molecule has 0 radical (unpaired) electrons. The molecule has 1 heteroatoms. The molecule has 1 nitrogen and oxygen atoms in total. The van der Waals surface area contributed by atoms with Gasteiger partial charge in [-0.05, 0) is 32.4 Å². The normalized spacial score (nSPS) is 12.1. The first-order valence-corrected chi connectivity index (χ1v) is 5.32. The Morgan fingerprint density at radius 1 is 1.33 bits per heavy atom. The number of anilines is 1. The molecular formula is C14H19N. The van der Waals surface area contributed by atoms with Gasteiger partial charge in [-0.2, -0.15) is 0 Å². The van der Waals surface area contributed by atoms with Crippen LogP contribution < -0.4 is 5.32 Å². The monoisotopic (exact) mass is 201 g/mol. The molecule has 15 heavy (non-hydrogen) atoms. The van der Waals surface area contributed by atoms with E-state index in [0.717, 1.165) is 6.54 Å². The molecule has 0 aliphatic heterocycles. The van der Waals surface area contributed by atoms with E-state index in [2.05, 4.69) is 55.6 Å². The van der Waals surface area contributed by atoms with Gasteiger partial charge >= 0.3 is 0 Å². The first-order chi connectivity index (χ1) is 7.24. The van der Waals surface area contributed by atoms with Crippen molar-refractivity contribution in [3.8, 4) is 0 Å². The van der Waals surface area contributed by atoms with Gasteiger partial charge in [-0.3, -0.25) is 0 Å². The number of allylic oxidation sites excluding steroid dienone is 3. The zero-order chi connectivity index (χ0) is 11.1. The molecule has 1 aromatic carbocycles. The number of para-hydroxylation sites is 1. The van der Waals surface area contributed by atoms with E-state index in [0.29, 0.717) is 0 Å². The van der Waals surface area contributed by atoms with E-state index in [9.17, 15) is 0 Å². The maximum Gasteiger partial charge on any atom is 0.0372 e. The van der Waals surface area contributed by atoms with Crippen LogP contribution >= 0.6 is 0 Å². The highest BCUT2D eigenvalue weighted by Gasteiger charge is 1.94. The predicted molar refractivity (Wildman–Crippen MR) is 68.2 cm³/mol. The summed E-state index contributed by atoms with van der Waals surface area (Å²) in [6, 6.07) is 8.34. The third-order valence-electron chi connectivity index (χ3n) is 2.28. The van der Waals surface area contributed by atoms with Crippen LogP contribution in [0.25, 0.3) is 0 Å². The lowest BCUT2D eigenvalue weighted by molar-refractivity contribution is 1.19. The first kappa shape index (κ1) is 11.6. The molecule has 1 rings (SSSR count). The Balaban J connectivity index is 2.54. The van der Waals surface area contributed by atoms with Crippen LogP contribution in [0.5, 0.6) is 0 Å². The molecule has 80 valence electrons. The summed E-state index contributed by atoms with van der Waals surface area (Å²) < 4.78 is 0. The maximum atomic E-state index is 3.42. The second-order valence-corrected chi connectivity index (χ2v) is 3.71. The summed E-state index contributed by atoms with van der Waals surface area (Å²) in [6.45, 7) is 7.17. The van der Waals surface area contributed by atoms with Crippen molar-refractivity contribution in [2.24, 2.45) is 0 Å². The van der Waals surface area contributed by atoms with Gasteiger partial charge in [-0.25, -0.2) is 0 Å². The third-order valence-corrected chi connectivity index (χ3v) is 2.28. The molecule has 0 heterocycles. The highest BCUT2D eigenvalue weighted by atomic mass is 14.9. The van der Waals surface area contributed by atoms with Crippen LogP contribution in [-0.4, -0.2) is 6.54 Å².